The van der Waals surface area contributed by atoms with Crippen molar-refractivity contribution in [3.63, 3.8) is 0 Å². The van der Waals surface area contributed by atoms with E-state index in [2.05, 4.69) is 10.6 Å². The summed E-state index contributed by atoms with van der Waals surface area (Å²) in [5, 5.41) is 15.9. The Bertz CT molecular complexity index is 1500. The number of thioether (sulfide) groups is 1. The minimum atomic E-state index is -1.04. The van der Waals surface area contributed by atoms with Gasteiger partial charge in [0, 0.05) is 29.4 Å². The zero-order valence-corrected chi connectivity index (χ0v) is 25.5. The molecule has 43 heavy (non-hydrogen) atoms. The van der Waals surface area contributed by atoms with Crippen LogP contribution in [0.1, 0.15) is 42.4 Å². The third-order valence-corrected chi connectivity index (χ3v) is 9.06. The Hall–Kier alpha value is -3.99. The third-order valence-electron chi connectivity index (χ3n) is 7.95. The first-order valence-corrected chi connectivity index (χ1v) is 15.5. The molecule has 2 amide bonds. The van der Waals surface area contributed by atoms with Crippen LogP contribution in [0.25, 0.3) is 11.0 Å². The second-order valence-electron chi connectivity index (χ2n) is 10.8. The Balaban J connectivity index is 1.24. The van der Waals surface area contributed by atoms with Gasteiger partial charge in [-0.2, -0.15) is 11.8 Å². The molecule has 1 saturated carbocycles. The van der Waals surface area contributed by atoms with E-state index in [0.29, 0.717) is 47.6 Å². The van der Waals surface area contributed by atoms with Crippen LogP contribution < -0.4 is 25.7 Å². The van der Waals surface area contributed by atoms with Gasteiger partial charge in [-0.25, -0.2) is 9.59 Å². The van der Waals surface area contributed by atoms with Gasteiger partial charge in [0.25, 0.3) is 0 Å². The minimum absolute atomic E-state index is 0.116. The molecule has 10 nitrogen and oxygen atoms in total. The maximum atomic E-state index is 12.8. The zero-order chi connectivity index (χ0) is 30.9. The molecule has 1 unspecified atom stereocenters. The molecule has 3 N–H and O–H groups in total. The summed E-state index contributed by atoms with van der Waals surface area (Å²) >= 11 is 1.47. The van der Waals surface area contributed by atoms with Crippen molar-refractivity contribution in [2.24, 2.45) is 11.8 Å². The number of ether oxygens (including phenoxy) is 2. The lowest BCUT2D eigenvalue weighted by molar-refractivity contribution is -0.142. The van der Waals surface area contributed by atoms with E-state index in [1.54, 1.807) is 19.1 Å². The van der Waals surface area contributed by atoms with Crippen LogP contribution in [-0.4, -0.2) is 55.4 Å². The van der Waals surface area contributed by atoms with Crippen molar-refractivity contribution in [2.75, 3.05) is 26.5 Å². The number of carboxylic acids is 1. The van der Waals surface area contributed by atoms with E-state index < -0.39 is 17.6 Å². The average molecular weight is 611 g/mol. The SMILES string of the molecule is COc1ccc2c(C)c(CC(=O)NCC3CCC(C(=O)NC(CSCc4ccccc4)C(=O)O)CC3)c(=O)oc2c1OC. The van der Waals surface area contributed by atoms with Gasteiger partial charge in [0.15, 0.2) is 11.3 Å². The minimum Gasteiger partial charge on any atom is -0.493 e. The number of carbonyl (C=O) groups excluding carboxylic acids is 2. The quantitative estimate of drug-likeness (QED) is 0.244. The molecule has 1 aromatic heterocycles. The van der Waals surface area contributed by atoms with Crippen LogP contribution in [0.15, 0.2) is 51.7 Å². The lowest BCUT2D eigenvalue weighted by Gasteiger charge is -2.28. The van der Waals surface area contributed by atoms with E-state index in [-0.39, 0.29) is 47.0 Å². The number of aliphatic carboxylic acids is 1. The van der Waals surface area contributed by atoms with E-state index in [0.717, 1.165) is 18.4 Å². The predicted molar refractivity (Wildman–Crippen MR) is 165 cm³/mol. The molecule has 11 heteroatoms. The van der Waals surface area contributed by atoms with Gasteiger partial charge < -0.3 is 29.6 Å². The summed E-state index contributed by atoms with van der Waals surface area (Å²) in [5.74, 6) is 0.0932. The Kier molecular flexibility index (Phi) is 11.1. The molecule has 0 aliphatic heterocycles. The van der Waals surface area contributed by atoms with Crippen molar-refractivity contribution in [1.82, 2.24) is 10.6 Å². The summed E-state index contributed by atoms with van der Waals surface area (Å²) in [4.78, 5) is 50.2. The molecule has 0 bridgehead atoms. The molecular formula is C32H38N2O8S. The van der Waals surface area contributed by atoms with Gasteiger partial charge in [0.05, 0.1) is 26.2 Å². The van der Waals surface area contributed by atoms with Gasteiger partial charge in [-0.15, -0.1) is 0 Å². The molecular weight excluding hydrogens is 572 g/mol. The van der Waals surface area contributed by atoms with Crippen molar-refractivity contribution in [3.05, 3.63) is 69.6 Å². The standard InChI is InChI=1S/C32H38N2O8S/c1-19-23-13-14-26(40-2)29(41-3)28(23)42-32(39)24(19)15-27(35)33-16-20-9-11-22(12-10-20)30(36)34-25(31(37)38)18-43-17-21-7-5-4-6-8-21/h4-8,13-14,20,22,25H,9-12,15-18H2,1-3H3,(H,33,35)(H,34,36)(H,37,38). The van der Waals surface area contributed by atoms with Crippen LogP contribution in [0.5, 0.6) is 11.5 Å². The Morgan fingerprint density at radius 2 is 1.77 bits per heavy atom. The van der Waals surface area contributed by atoms with Crippen molar-refractivity contribution in [3.8, 4) is 11.5 Å². The molecule has 2 aromatic carbocycles. The van der Waals surface area contributed by atoms with Crippen LogP contribution >= 0.6 is 11.8 Å². The molecule has 0 radical (unpaired) electrons. The Morgan fingerprint density at radius 1 is 1.05 bits per heavy atom. The smallest absolute Gasteiger partial charge is 0.340 e. The second-order valence-corrected chi connectivity index (χ2v) is 11.8. The first kappa shape index (κ1) is 31.9. The van der Waals surface area contributed by atoms with E-state index >= 15 is 0 Å². The topological polar surface area (TPSA) is 144 Å². The summed E-state index contributed by atoms with van der Waals surface area (Å²) in [5.41, 5.74) is 1.71. The van der Waals surface area contributed by atoms with Gasteiger partial charge in [0.2, 0.25) is 17.6 Å². The summed E-state index contributed by atoms with van der Waals surface area (Å²) in [6, 6.07) is 12.3. The highest BCUT2D eigenvalue weighted by Gasteiger charge is 2.30. The summed E-state index contributed by atoms with van der Waals surface area (Å²) < 4.78 is 16.2. The first-order valence-electron chi connectivity index (χ1n) is 14.3. The van der Waals surface area contributed by atoms with E-state index in [1.807, 2.05) is 30.3 Å². The molecule has 0 spiro atoms. The van der Waals surface area contributed by atoms with Crippen LogP contribution in [0, 0.1) is 18.8 Å². The Labute approximate surface area is 254 Å². The van der Waals surface area contributed by atoms with E-state index in [1.165, 1.54) is 26.0 Å². The number of hydrogen-bond donors (Lipinski definition) is 3. The normalized spacial score (nSPS) is 17.2. The second kappa shape index (κ2) is 15.0. The molecule has 0 saturated heterocycles. The number of amides is 2. The predicted octanol–water partition coefficient (Wildman–Crippen LogP) is 4.09. The fraction of sp³-hybridized carbons (Fsp3) is 0.438. The van der Waals surface area contributed by atoms with Gasteiger partial charge in [0.1, 0.15) is 6.04 Å². The van der Waals surface area contributed by atoms with Gasteiger partial charge >= 0.3 is 11.6 Å². The number of hydrogen-bond acceptors (Lipinski definition) is 8. The number of nitrogens with one attached hydrogen (secondary N) is 2. The van der Waals surface area contributed by atoms with E-state index in [9.17, 15) is 24.3 Å². The monoisotopic (exact) mass is 610 g/mol. The number of benzene rings is 2. The van der Waals surface area contributed by atoms with Crippen molar-refractivity contribution < 1.29 is 33.4 Å². The van der Waals surface area contributed by atoms with Gasteiger partial charge in [-0.3, -0.25) is 9.59 Å². The summed E-state index contributed by atoms with van der Waals surface area (Å²) in [6.45, 7) is 2.21. The highest BCUT2D eigenvalue weighted by molar-refractivity contribution is 7.98. The number of fused-ring (bicyclic) bond motifs is 1. The summed E-state index contributed by atoms with van der Waals surface area (Å²) in [6.07, 6.45) is 2.59. The fourth-order valence-electron chi connectivity index (χ4n) is 5.41. The van der Waals surface area contributed by atoms with Gasteiger partial charge in [-0.1, -0.05) is 30.3 Å². The fourth-order valence-corrected chi connectivity index (χ4v) is 6.42. The van der Waals surface area contributed by atoms with Crippen LogP contribution in [0.3, 0.4) is 0 Å². The molecule has 1 heterocycles. The van der Waals surface area contributed by atoms with Crippen LogP contribution in [-0.2, 0) is 26.6 Å². The molecule has 1 fully saturated rings. The average Bonchev–Trinajstić information content (AvgIpc) is 3.01. The highest BCUT2D eigenvalue weighted by atomic mass is 32.2. The number of methoxy groups -OCH3 is 2. The first-order chi connectivity index (χ1) is 20.7. The number of rotatable bonds is 13. The number of carbonyl (C=O) groups is 3. The highest BCUT2D eigenvalue weighted by Crippen LogP contribution is 2.36. The third kappa shape index (κ3) is 8.10. The van der Waals surface area contributed by atoms with Crippen LogP contribution in [0.4, 0.5) is 0 Å². The molecule has 1 aliphatic rings. The molecule has 1 atom stereocenters. The largest absolute Gasteiger partial charge is 0.493 e. The maximum absolute atomic E-state index is 12.8. The Morgan fingerprint density at radius 3 is 2.42 bits per heavy atom. The number of aryl methyl sites for hydroxylation is 1. The lowest BCUT2D eigenvalue weighted by Crippen LogP contribution is -2.46. The lowest BCUT2D eigenvalue weighted by atomic mass is 9.81. The maximum Gasteiger partial charge on any atom is 0.340 e. The summed E-state index contributed by atoms with van der Waals surface area (Å²) in [7, 11) is 2.96. The van der Waals surface area contributed by atoms with Crippen LogP contribution in [0.2, 0.25) is 0 Å². The number of carboxylic acid groups (broad SMARTS) is 1. The van der Waals surface area contributed by atoms with Crippen molar-refractivity contribution in [1.29, 1.82) is 0 Å². The molecule has 1 aliphatic carbocycles. The molecule has 4 rings (SSSR count). The van der Waals surface area contributed by atoms with Crippen molar-refractivity contribution >= 4 is 40.5 Å². The van der Waals surface area contributed by atoms with Gasteiger partial charge in [-0.05, 0) is 61.8 Å². The zero-order valence-electron chi connectivity index (χ0n) is 24.6. The van der Waals surface area contributed by atoms with E-state index in [4.69, 9.17) is 13.9 Å². The molecule has 3 aromatic rings. The molecule has 230 valence electrons. The van der Waals surface area contributed by atoms with Crippen molar-refractivity contribution in [2.45, 2.75) is 50.8 Å².